The second kappa shape index (κ2) is 12.1. The van der Waals surface area contributed by atoms with Crippen LogP contribution in [0.5, 0.6) is 0 Å². The van der Waals surface area contributed by atoms with Crippen LogP contribution in [0.3, 0.4) is 0 Å². The smallest absolute Gasteiger partial charge is 0.374 e. The van der Waals surface area contributed by atoms with Crippen LogP contribution in [0.2, 0.25) is 0 Å². The molecule has 10 heteroatoms. The van der Waals surface area contributed by atoms with Crippen LogP contribution >= 0.6 is 0 Å². The fourth-order valence-electron chi connectivity index (χ4n) is 4.99. The maximum atomic E-state index is 13.7. The van der Waals surface area contributed by atoms with E-state index in [0.717, 1.165) is 31.1 Å². The predicted molar refractivity (Wildman–Crippen MR) is 151 cm³/mol. The Morgan fingerprint density at radius 1 is 1.05 bits per heavy atom. The minimum atomic E-state index is -4.51. The van der Waals surface area contributed by atoms with Crippen molar-refractivity contribution in [2.24, 2.45) is 5.92 Å². The molecule has 1 saturated carbocycles. The Kier molecular flexibility index (Phi) is 8.97. The lowest BCUT2D eigenvalue weighted by atomic mass is 10.1. The summed E-state index contributed by atoms with van der Waals surface area (Å²) in [6.07, 6.45) is -2.20. The third-order valence-corrected chi connectivity index (χ3v) is 7.32. The SMILES string of the molecule is CN1CCN(CC2CC2)C(=O)c2cccc(NCC(=O)N(CCNC(C)(C)C)Cc3ccccc3C(F)(F)F)c21. The average Bonchev–Trinajstić information content (AvgIpc) is 3.72. The number of halogens is 3. The van der Waals surface area contributed by atoms with Gasteiger partial charge in [0.2, 0.25) is 5.91 Å². The number of nitrogens with one attached hydrogen (secondary N) is 2. The summed E-state index contributed by atoms with van der Waals surface area (Å²) in [5.74, 6) is 0.235. The van der Waals surface area contributed by atoms with Gasteiger partial charge in [0, 0.05) is 51.9 Å². The Hall–Kier alpha value is -3.27. The lowest BCUT2D eigenvalue weighted by Crippen LogP contribution is -2.44. The van der Waals surface area contributed by atoms with Gasteiger partial charge in [0.05, 0.1) is 29.0 Å². The summed E-state index contributed by atoms with van der Waals surface area (Å²) in [5, 5.41) is 6.50. The second-order valence-electron chi connectivity index (χ2n) is 11.8. The summed E-state index contributed by atoms with van der Waals surface area (Å²) in [7, 11) is 1.93. The summed E-state index contributed by atoms with van der Waals surface area (Å²) in [4.78, 5) is 32.2. The first-order chi connectivity index (χ1) is 18.8. The number of para-hydroxylation sites is 1. The zero-order valence-corrected chi connectivity index (χ0v) is 23.8. The van der Waals surface area contributed by atoms with Crippen LogP contribution in [-0.4, -0.2) is 73.5 Å². The maximum absolute atomic E-state index is 13.7. The number of rotatable bonds is 10. The van der Waals surface area contributed by atoms with Crippen molar-refractivity contribution >= 4 is 23.2 Å². The summed E-state index contributed by atoms with van der Waals surface area (Å²) in [6, 6.07) is 10.8. The highest BCUT2D eigenvalue weighted by Crippen LogP contribution is 2.35. The van der Waals surface area contributed by atoms with Crippen molar-refractivity contribution < 1.29 is 22.8 Å². The molecule has 1 aliphatic heterocycles. The van der Waals surface area contributed by atoms with Gasteiger partial charge in [0.15, 0.2) is 0 Å². The monoisotopic (exact) mass is 559 g/mol. The van der Waals surface area contributed by atoms with Crippen molar-refractivity contribution in [3.63, 3.8) is 0 Å². The molecule has 1 heterocycles. The molecular formula is C30H40F3N5O2. The molecule has 2 aliphatic rings. The maximum Gasteiger partial charge on any atom is 0.416 e. The van der Waals surface area contributed by atoms with Gasteiger partial charge in [-0.3, -0.25) is 9.59 Å². The fourth-order valence-corrected chi connectivity index (χ4v) is 4.99. The number of benzene rings is 2. The molecule has 2 amide bonds. The van der Waals surface area contributed by atoms with Crippen LogP contribution in [0.1, 0.15) is 55.1 Å². The molecule has 2 aromatic rings. The van der Waals surface area contributed by atoms with E-state index in [0.29, 0.717) is 36.8 Å². The van der Waals surface area contributed by atoms with Crippen molar-refractivity contribution in [3.8, 4) is 0 Å². The third kappa shape index (κ3) is 7.68. The molecule has 4 rings (SSSR count). The minimum absolute atomic E-state index is 0.0140. The van der Waals surface area contributed by atoms with Crippen molar-refractivity contribution in [1.82, 2.24) is 15.1 Å². The molecule has 218 valence electrons. The molecule has 0 aromatic heterocycles. The number of carbonyl (C=O) groups is 2. The van der Waals surface area contributed by atoms with Gasteiger partial charge in [-0.15, -0.1) is 0 Å². The van der Waals surface area contributed by atoms with Crippen molar-refractivity contribution in [3.05, 3.63) is 59.2 Å². The molecule has 1 aliphatic carbocycles. The van der Waals surface area contributed by atoms with Gasteiger partial charge in [-0.2, -0.15) is 13.2 Å². The van der Waals surface area contributed by atoms with E-state index < -0.39 is 11.7 Å². The van der Waals surface area contributed by atoms with E-state index in [9.17, 15) is 22.8 Å². The van der Waals surface area contributed by atoms with Gasteiger partial charge in [-0.05, 0) is 63.3 Å². The molecule has 7 nitrogen and oxygen atoms in total. The van der Waals surface area contributed by atoms with Gasteiger partial charge in [0.1, 0.15) is 0 Å². The molecule has 40 heavy (non-hydrogen) atoms. The van der Waals surface area contributed by atoms with E-state index in [1.165, 1.54) is 17.0 Å². The van der Waals surface area contributed by atoms with E-state index in [2.05, 4.69) is 10.6 Å². The number of nitrogens with zero attached hydrogens (tertiary/aromatic N) is 3. The van der Waals surface area contributed by atoms with E-state index >= 15 is 0 Å². The number of fused-ring (bicyclic) bond motifs is 1. The Morgan fingerprint density at radius 2 is 1.77 bits per heavy atom. The van der Waals surface area contributed by atoms with Crippen LogP contribution < -0.4 is 15.5 Å². The highest BCUT2D eigenvalue weighted by molar-refractivity contribution is 6.03. The summed E-state index contributed by atoms with van der Waals surface area (Å²) in [6.45, 7) is 8.42. The Morgan fingerprint density at radius 3 is 2.45 bits per heavy atom. The number of likely N-dealkylation sites (N-methyl/N-ethyl adjacent to an activating group) is 1. The number of amides is 2. The van der Waals surface area contributed by atoms with Crippen LogP contribution in [0, 0.1) is 5.92 Å². The lowest BCUT2D eigenvalue weighted by Gasteiger charge is -2.28. The quantitative estimate of drug-likeness (QED) is 0.436. The van der Waals surface area contributed by atoms with Crippen molar-refractivity contribution in [2.75, 3.05) is 56.5 Å². The molecule has 0 spiro atoms. The van der Waals surface area contributed by atoms with Crippen LogP contribution in [0.15, 0.2) is 42.5 Å². The number of anilines is 2. The fraction of sp³-hybridized carbons (Fsp3) is 0.533. The minimum Gasteiger partial charge on any atom is -0.374 e. The first-order valence-electron chi connectivity index (χ1n) is 13.9. The van der Waals surface area contributed by atoms with Gasteiger partial charge in [0.25, 0.3) is 5.91 Å². The van der Waals surface area contributed by atoms with Crippen molar-refractivity contribution in [1.29, 1.82) is 0 Å². The number of hydrogen-bond acceptors (Lipinski definition) is 5. The Bertz CT molecular complexity index is 1210. The van der Waals surface area contributed by atoms with Gasteiger partial charge >= 0.3 is 6.18 Å². The topological polar surface area (TPSA) is 67.9 Å². The lowest BCUT2D eigenvalue weighted by molar-refractivity contribution is -0.139. The Labute approximate surface area is 234 Å². The number of hydrogen-bond donors (Lipinski definition) is 2. The predicted octanol–water partition coefficient (Wildman–Crippen LogP) is 4.84. The largest absolute Gasteiger partial charge is 0.416 e. The standard InChI is InChI=1S/C30H40F3N5O2/c1-29(2,3)35-14-15-37(20-22-8-5-6-10-24(22)30(31,32)33)26(39)18-34-25-11-7-9-23-27(25)36(4)16-17-38(28(23)40)19-21-12-13-21/h5-11,21,34-35H,12-20H2,1-4H3. The molecule has 0 radical (unpaired) electrons. The van der Waals surface area contributed by atoms with Crippen molar-refractivity contribution in [2.45, 2.75) is 51.9 Å². The summed E-state index contributed by atoms with van der Waals surface area (Å²) in [5.41, 5.74) is 1.08. The molecule has 0 saturated heterocycles. The third-order valence-electron chi connectivity index (χ3n) is 7.32. The van der Waals surface area contributed by atoms with Gasteiger partial charge in [-0.1, -0.05) is 24.3 Å². The first kappa shape index (κ1) is 29.7. The van der Waals surface area contributed by atoms with E-state index in [1.807, 2.05) is 49.8 Å². The highest BCUT2D eigenvalue weighted by Gasteiger charge is 2.34. The van der Waals surface area contributed by atoms with Crippen LogP contribution in [0.25, 0.3) is 0 Å². The molecular weight excluding hydrogens is 519 g/mol. The number of carbonyl (C=O) groups excluding carboxylic acids is 2. The molecule has 0 unspecified atom stereocenters. The second-order valence-corrected chi connectivity index (χ2v) is 11.8. The van der Waals surface area contributed by atoms with Crippen LogP contribution in [0.4, 0.5) is 24.5 Å². The zero-order chi connectivity index (χ0) is 29.1. The normalized spacial score (nSPS) is 16.0. The molecule has 1 fully saturated rings. The van der Waals surface area contributed by atoms with E-state index in [4.69, 9.17) is 0 Å². The van der Waals surface area contributed by atoms with E-state index in [1.54, 1.807) is 12.1 Å². The summed E-state index contributed by atoms with van der Waals surface area (Å²) < 4.78 is 41.0. The summed E-state index contributed by atoms with van der Waals surface area (Å²) >= 11 is 0. The van der Waals surface area contributed by atoms with Gasteiger partial charge in [-0.25, -0.2) is 0 Å². The molecule has 0 bridgehead atoms. The average molecular weight is 560 g/mol. The first-order valence-corrected chi connectivity index (χ1v) is 13.9. The Balaban J connectivity index is 1.52. The van der Waals surface area contributed by atoms with Gasteiger partial charge < -0.3 is 25.3 Å². The zero-order valence-electron chi connectivity index (χ0n) is 23.8. The molecule has 0 atom stereocenters. The van der Waals surface area contributed by atoms with E-state index in [-0.39, 0.29) is 42.6 Å². The highest BCUT2D eigenvalue weighted by atomic mass is 19.4. The molecule has 2 N–H and O–H groups in total. The number of alkyl halides is 3. The molecule has 2 aromatic carbocycles. The van der Waals surface area contributed by atoms with Crippen LogP contribution in [-0.2, 0) is 17.5 Å².